The molecule has 3 aromatic rings. The number of nitrogens with zero attached hydrogens (tertiary/aromatic N) is 3. The van der Waals surface area contributed by atoms with E-state index in [9.17, 15) is 0 Å². The maximum Gasteiger partial charge on any atom is 0.165 e. The zero-order valence-corrected chi connectivity index (χ0v) is 16.6. The van der Waals surface area contributed by atoms with Gasteiger partial charge in [0, 0.05) is 23.6 Å². The van der Waals surface area contributed by atoms with Crippen molar-refractivity contribution in [3.8, 4) is 11.1 Å². The predicted octanol–water partition coefficient (Wildman–Crippen LogP) is 5.60. The van der Waals surface area contributed by atoms with E-state index in [4.69, 9.17) is 10.1 Å². The fourth-order valence-corrected chi connectivity index (χ4v) is 3.17. The molecular formula is C22H30N4. The van der Waals surface area contributed by atoms with Gasteiger partial charge in [0.25, 0.3) is 0 Å². The molecule has 0 radical (unpaired) electrons. The number of hydrogen-bond donors (Lipinski definition) is 1. The Morgan fingerprint density at radius 1 is 1.08 bits per heavy atom. The molecule has 0 atom stereocenters. The number of aryl methyl sites for hydroxylation is 1. The molecule has 0 unspecified atom stereocenters. The van der Waals surface area contributed by atoms with Gasteiger partial charge in [-0.3, -0.25) is 0 Å². The Kier molecular flexibility index (Phi) is 5.30. The Hall–Kier alpha value is -2.36. The van der Waals surface area contributed by atoms with Crippen molar-refractivity contribution in [3.05, 3.63) is 47.8 Å². The predicted molar refractivity (Wildman–Crippen MR) is 110 cm³/mol. The fraction of sp³-hybridized carbons (Fsp3) is 0.455. The molecule has 26 heavy (non-hydrogen) atoms. The quantitative estimate of drug-likeness (QED) is 0.588. The van der Waals surface area contributed by atoms with Crippen LogP contribution in [0.25, 0.3) is 16.8 Å². The second kappa shape index (κ2) is 7.48. The summed E-state index contributed by atoms with van der Waals surface area (Å²) < 4.78 is 1.97. The molecule has 1 aromatic carbocycles. The summed E-state index contributed by atoms with van der Waals surface area (Å²) in [6.07, 6.45) is 3.62. The van der Waals surface area contributed by atoms with Crippen LogP contribution in [0.15, 0.2) is 36.4 Å². The molecule has 2 aromatic heterocycles. The third-order valence-corrected chi connectivity index (χ3v) is 4.68. The van der Waals surface area contributed by atoms with Crippen molar-refractivity contribution < 1.29 is 0 Å². The zero-order valence-electron chi connectivity index (χ0n) is 16.6. The average Bonchev–Trinajstić information content (AvgIpc) is 2.94. The van der Waals surface area contributed by atoms with Crippen LogP contribution in [-0.4, -0.2) is 21.1 Å². The molecular weight excluding hydrogens is 320 g/mol. The number of hydrogen-bond acceptors (Lipinski definition) is 3. The van der Waals surface area contributed by atoms with Crippen molar-refractivity contribution in [2.75, 3.05) is 11.9 Å². The maximum absolute atomic E-state index is 5.01. The molecule has 138 valence electrons. The van der Waals surface area contributed by atoms with Crippen LogP contribution in [-0.2, 0) is 5.41 Å². The largest absolute Gasteiger partial charge is 0.370 e. The third kappa shape index (κ3) is 3.74. The minimum atomic E-state index is -0.0201. The van der Waals surface area contributed by atoms with E-state index in [1.54, 1.807) is 0 Å². The molecule has 0 saturated carbocycles. The molecule has 4 nitrogen and oxygen atoms in total. The van der Waals surface area contributed by atoms with Crippen LogP contribution in [0, 0.1) is 6.92 Å². The van der Waals surface area contributed by atoms with Gasteiger partial charge in [-0.25, -0.2) is 4.98 Å². The average molecular weight is 351 g/mol. The molecule has 0 amide bonds. The van der Waals surface area contributed by atoms with Crippen LogP contribution >= 0.6 is 0 Å². The molecule has 3 rings (SSSR count). The first-order chi connectivity index (χ1) is 12.4. The number of unbranched alkanes of at least 4 members (excludes halogenated alkanes) is 2. The number of rotatable bonds is 6. The van der Waals surface area contributed by atoms with Gasteiger partial charge in [-0.15, -0.1) is 0 Å². The maximum atomic E-state index is 5.01. The number of nitrogens with one attached hydrogen (secondary N) is 1. The van der Waals surface area contributed by atoms with Crippen LogP contribution in [0.4, 0.5) is 5.82 Å². The summed E-state index contributed by atoms with van der Waals surface area (Å²) in [5.41, 5.74) is 5.28. The second-order valence-corrected chi connectivity index (χ2v) is 7.97. The van der Waals surface area contributed by atoms with E-state index in [2.05, 4.69) is 70.3 Å². The first-order valence-corrected chi connectivity index (χ1v) is 9.62. The Balaban J connectivity index is 2.14. The van der Waals surface area contributed by atoms with E-state index in [0.717, 1.165) is 46.9 Å². The summed E-state index contributed by atoms with van der Waals surface area (Å²) in [6.45, 7) is 11.9. The fourth-order valence-electron chi connectivity index (χ4n) is 3.17. The van der Waals surface area contributed by atoms with Crippen LogP contribution in [0.2, 0.25) is 0 Å². The van der Waals surface area contributed by atoms with E-state index in [-0.39, 0.29) is 5.41 Å². The van der Waals surface area contributed by atoms with Crippen LogP contribution < -0.4 is 5.32 Å². The zero-order chi connectivity index (χ0) is 18.7. The van der Waals surface area contributed by atoms with Crippen molar-refractivity contribution in [1.29, 1.82) is 0 Å². The molecule has 0 aliphatic rings. The summed E-state index contributed by atoms with van der Waals surface area (Å²) >= 11 is 0. The van der Waals surface area contributed by atoms with E-state index in [1.807, 2.05) is 10.6 Å². The lowest BCUT2D eigenvalue weighted by Crippen LogP contribution is -2.17. The van der Waals surface area contributed by atoms with Crippen LogP contribution in [0.1, 0.15) is 58.3 Å². The minimum absolute atomic E-state index is 0.0201. The van der Waals surface area contributed by atoms with E-state index >= 15 is 0 Å². The topological polar surface area (TPSA) is 42.2 Å². The lowest BCUT2D eigenvalue weighted by atomic mass is 9.92. The Labute approximate surface area is 156 Å². The Morgan fingerprint density at radius 3 is 2.46 bits per heavy atom. The van der Waals surface area contributed by atoms with Crippen LogP contribution in [0.5, 0.6) is 0 Å². The summed E-state index contributed by atoms with van der Waals surface area (Å²) in [7, 11) is 0. The Morgan fingerprint density at radius 2 is 1.81 bits per heavy atom. The number of anilines is 1. The summed E-state index contributed by atoms with van der Waals surface area (Å²) in [5, 5.41) is 8.39. The highest BCUT2D eigenvalue weighted by Gasteiger charge is 2.22. The van der Waals surface area contributed by atoms with Crippen LogP contribution in [0.3, 0.4) is 0 Å². The minimum Gasteiger partial charge on any atom is -0.370 e. The lowest BCUT2D eigenvalue weighted by Gasteiger charge is -2.20. The third-order valence-electron chi connectivity index (χ3n) is 4.68. The number of fused-ring (bicyclic) bond motifs is 1. The smallest absolute Gasteiger partial charge is 0.165 e. The molecule has 0 aliphatic carbocycles. The molecule has 0 aliphatic heterocycles. The molecule has 4 heteroatoms. The van der Waals surface area contributed by atoms with E-state index in [1.165, 1.54) is 12.8 Å². The van der Waals surface area contributed by atoms with Crippen molar-refractivity contribution in [2.45, 2.75) is 59.3 Å². The van der Waals surface area contributed by atoms with Gasteiger partial charge < -0.3 is 5.32 Å². The SMILES string of the molecule is CCCCCNc1cc(C(C)(C)C)nc2c(-c3ccccc3)c(C)nn12. The van der Waals surface area contributed by atoms with E-state index in [0.29, 0.717) is 0 Å². The molecule has 0 bridgehead atoms. The number of benzene rings is 1. The van der Waals surface area contributed by atoms with Gasteiger partial charge in [0.2, 0.25) is 0 Å². The molecule has 1 N–H and O–H groups in total. The summed E-state index contributed by atoms with van der Waals surface area (Å²) in [6, 6.07) is 12.6. The molecule has 0 spiro atoms. The summed E-state index contributed by atoms with van der Waals surface area (Å²) in [5.74, 6) is 1.03. The summed E-state index contributed by atoms with van der Waals surface area (Å²) in [4.78, 5) is 5.01. The highest BCUT2D eigenvalue weighted by atomic mass is 15.3. The van der Waals surface area contributed by atoms with Crippen molar-refractivity contribution in [2.24, 2.45) is 0 Å². The first-order valence-electron chi connectivity index (χ1n) is 9.62. The van der Waals surface area contributed by atoms with Gasteiger partial charge in [-0.05, 0) is 18.9 Å². The Bertz CT molecular complexity index is 873. The highest BCUT2D eigenvalue weighted by molar-refractivity contribution is 5.81. The first kappa shape index (κ1) is 18.4. The van der Waals surface area contributed by atoms with Crippen molar-refractivity contribution >= 4 is 11.5 Å². The van der Waals surface area contributed by atoms with Gasteiger partial charge in [0.05, 0.1) is 11.4 Å². The van der Waals surface area contributed by atoms with Gasteiger partial charge in [0.1, 0.15) is 5.82 Å². The monoisotopic (exact) mass is 350 g/mol. The molecule has 2 heterocycles. The normalized spacial score (nSPS) is 11.9. The van der Waals surface area contributed by atoms with Gasteiger partial charge in [-0.1, -0.05) is 70.9 Å². The van der Waals surface area contributed by atoms with Crippen molar-refractivity contribution in [1.82, 2.24) is 14.6 Å². The standard InChI is InChI=1S/C22H30N4/c1-6-7-11-14-23-19-15-18(22(3,4)5)24-21-20(16(2)25-26(19)21)17-12-9-8-10-13-17/h8-10,12-13,15,23H,6-7,11,14H2,1-5H3. The van der Waals surface area contributed by atoms with Gasteiger partial charge in [-0.2, -0.15) is 9.61 Å². The van der Waals surface area contributed by atoms with Crippen molar-refractivity contribution in [3.63, 3.8) is 0 Å². The second-order valence-electron chi connectivity index (χ2n) is 7.97. The lowest BCUT2D eigenvalue weighted by molar-refractivity contribution is 0.568. The molecule has 0 fully saturated rings. The van der Waals surface area contributed by atoms with Gasteiger partial charge >= 0.3 is 0 Å². The highest BCUT2D eigenvalue weighted by Crippen LogP contribution is 2.31. The van der Waals surface area contributed by atoms with E-state index < -0.39 is 0 Å². The van der Waals surface area contributed by atoms with Gasteiger partial charge in [0.15, 0.2) is 5.65 Å². The number of aromatic nitrogens is 3. The molecule has 0 saturated heterocycles.